The van der Waals surface area contributed by atoms with Gasteiger partial charge in [0.25, 0.3) is 0 Å². The number of hydrogen-bond donors (Lipinski definition) is 2. The zero-order valence-electron chi connectivity index (χ0n) is 7.18. The minimum atomic E-state index is 0.956. The fraction of sp³-hybridized carbons (Fsp3) is 0.222. The number of nitrogens with zero attached hydrogens (tertiary/aromatic N) is 1. The molecule has 0 amide bonds. The van der Waals surface area contributed by atoms with Gasteiger partial charge in [0.15, 0.2) is 0 Å². The van der Waals surface area contributed by atoms with Gasteiger partial charge < -0.3 is 9.97 Å². The van der Waals surface area contributed by atoms with Crippen molar-refractivity contribution in [1.29, 1.82) is 0 Å². The van der Waals surface area contributed by atoms with Crippen molar-refractivity contribution in [3.8, 4) is 11.4 Å². The minimum Gasteiger partial charge on any atom is -0.360 e. The third-order valence-corrected chi connectivity index (χ3v) is 1.86. The molecule has 2 aromatic rings. The Balaban J connectivity index is 2.54. The van der Waals surface area contributed by atoms with E-state index in [-0.39, 0.29) is 0 Å². The van der Waals surface area contributed by atoms with Gasteiger partial charge in [-0.15, -0.1) is 0 Å². The first-order chi connectivity index (χ1) is 5.77. The van der Waals surface area contributed by atoms with Crippen LogP contribution in [0.15, 0.2) is 18.3 Å². The van der Waals surface area contributed by atoms with Crippen LogP contribution in [0.1, 0.15) is 11.5 Å². The molecule has 0 saturated heterocycles. The number of aromatic amines is 2. The Morgan fingerprint density at radius 2 is 2.17 bits per heavy atom. The molecule has 2 rings (SSSR count). The second kappa shape index (κ2) is 2.52. The first kappa shape index (κ1) is 7.16. The number of aromatic nitrogens is 3. The number of aryl methyl sites for hydroxylation is 2. The Bertz CT molecular complexity index is 370. The van der Waals surface area contributed by atoms with Crippen LogP contribution in [0.2, 0.25) is 0 Å². The fourth-order valence-electron chi connectivity index (χ4n) is 1.35. The molecular formula is C9H11N3. The summed E-state index contributed by atoms with van der Waals surface area (Å²) in [6.45, 7) is 3.98. The lowest BCUT2D eigenvalue weighted by atomic mass is 10.3. The molecule has 12 heavy (non-hydrogen) atoms. The zero-order valence-corrected chi connectivity index (χ0v) is 7.18. The maximum Gasteiger partial charge on any atom is 0.107 e. The molecule has 0 atom stereocenters. The molecule has 0 fully saturated rings. The topological polar surface area (TPSA) is 44.5 Å². The monoisotopic (exact) mass is 161 g/mol. The quantitative estimate of drug-likeness (QED) is 0.660. The van der Waals surface area contributed by atoms with E-state index in [1.54, 1.807) is 0 Å². The van der Waals surface area contributed by atoms with E-state index >= 15 is 0 Å². The molecular weight excluding hydrogens is 150 g/mol. The number of nitrogens with one attached hydrogen (secondary N) is 2. The number of H-pyrrole nitrogens is 2. The molecule has 0 aliphatic heterocycles. The van der Waals surface area contributed by atoms with Gasteiger partial charge in [-0.3, -0.25) is 0 Å². The SMILES string of the molecule is Cc1nc(-c2ccc[nH]2)c(C)[nH]1. The summed E-state index contributed by atoms with van der Waals surface area (Å²) in [6.07, 6.45) is 1.90. The van der Waals surface area contributed by atoms with Crippen LogP contribution < -0.4 is 0 Å². The van der Waals surface area contributed by atoms with E-state index in [1.165, 1.54) is 0 Å². The van der Waals surface area contributed by atoms with Gasteiger partial charge in [0.2, 0.25) is 0 Å². The molecule has 0 saturated carbocycles. The molecule has 2 aromatic heterocycles. The van der Waals surface area contributed by atoms with Crippen molar-refractivity contribution in [2.75, 3.05) is 0 Å². The fourth-order valence-corrected chi connectivity index (χ4v) is 1.35. The van der Waals surface area contributed by atoms with Gasteiger partial charge in [0.05, 0.1) is 5.69 Å². The molecule has 3 nitrogen and oxygen atoms in total. The standard InChI is InChI=1S/C9H11N3/c1-6-9(12-7(2)11-6)8-4-3-5-10-8/h3-5,10H,1-2H3,(H,11,12). The normalized spacial score (nSPS) is 10.5. The van der Waals surface area contributed by atoms with Gasteiger partial charge in [-0.05, 0) is 26.0 Å². The van der Waals surface area contributed by atoms with E-state index in [0.29, 0.717) is 0 Å². The Kier molecular flexibility index (Phi) is 1.50. The molecule has 62 valence electrons. The number of imidazole rings is 1. The van der Waals surface area contributed by atoms with Gasteiger partial charge in [-0.25, -0.2) is 4.98 Å². The van der Waals surface area contributed by atoms with Crippen LogP contribution in [0.4, 0.5) is 0 Å². The zero-order chi connectivity index (χ0) is 8.55. The van der Waals surface area contributed by atoms with Crippen molar-refractivity contribution in [2.45, 2.75) is 13.8 Å². The van der Waals surface area contributed by atoms with E-state index in [4.69, 9.17) is 0 Å². The number of hydrogen-bond acceptors (Lipinski definition) is 1. The summed E-state index contributed by atoms with van der Waals surface area (Å²) in [5.74, 6) is 0.956. The van der Waals surface area contributed by atoms with Crippen LogP contribution in [0.3, 0.4) is 0 Å². The van der Waals surface area contributed by atoms with Crippen LogP contribution in [-0.4, -0.2) is 15.0 Å². The highest BCUT2D eigenvalue weighted by atomic mass is 14.9. The number of rotatable bonds is 1. The van der Waals surface area contributed by atoms with Crippen molar-refractivity contribution < 1.29 is 0 Å². The van der Waals surface area contributed by atoms with Gasteiger partial charge in [0, 0.05) is 11.9 Å². The summed E-state index contributed by atoms with van der Waals surface area (Å²) in [7, 11) is 0. The van der Waals surface area contributed by atoms with E-state index in [2.05, 4.69) is 15.0 Å². The Labute approximate surface area is 70.9 Å². The lowest BCUT2D eigenvalue weighted by Crippen LogP contribution is -1.79. The molecule has 0 aliphatic carbocycles. The second-order valence-corrected chi connectivity index (χ2v) is 2.88. The van der Waals surface area contributed by atoms with Crippen LogP contribution in [0.5, 0.6) is 0 Å². The highest BCUT2D eigenvalue weighted by molar-refractivity contribution is 5.57. The molecule has 0 aromatic carbocycles. The van der Waals surface area contributed by atoms with Crippen molar-refractivity contribution in [3.63, 3.8) is 0 Å². The summed E-state index contributed by atoms with van der Waals surface area (Å²) < 4.78 is 0. The Hall–Kier alpha value is -1.51. The van der Waals surface area contributed by atoms with E-state index < -0.39 is 0 Å². The van der Waals surface area contributed by atoms with Crippen molar-refractivity contribution >= 4 is 0 Å². The molecule has 0 aliphatic rings. The van der Waals surface area contributed by atoms with E-state index in [0.717, 1.165) is 22.9 Å². The highest BCUT2D eigenvalue weighted by Gasteiger charge is 2.05. The lowest BCUT2D eigenvalue weighted by molar-refractivity contribution is 1.13. The minimum absolute atomic E-state index is 0.956. The summed E-state index contributed by atoms with van der Waals surface area (Å²) in [5, 5.41) is 0. The highest BCUT2D eigenvalue weighted by Crippen LogP contribution is 2.18. The molecule has 2 heterocycles. The predicted molar refractivity (Wildman–Crippen MR) is 47.8 cm³/mol. The third kappa shape index (κ3) is 1.03. The summed E-state index contributed by atoms with van der Waals surface area (Å²) in [5.41, 5.74) is 3.18. The molecule has 0 spiro atoms. The molecule has 0 radical (unpaired) electrons. The average molecular weight is 161 g/mol. The summed E-state index contributed by atoms with van der Waals surface area (Å²) in [6, 6.07) is 3.99. The first-order valence-electron chi connectivity index (χ1n) is 3.94. The van der Waals surface area contributed by atoms with Crippen molar-refractivity contribution in [3.05, 3.63) is 29.8 Å². The first-order valence-corrected chi connectivity index (χ1v) is 3.94. The molecule has 0 unspecified atom stereocenters. The Morgan fingerprint density at radius 1 is 1.33 bits per heavy atom. The van der Waals surface area contributed by atoms with Gasteiger partial charge in [-0.1, -0.05) is 0 Å². The average Bonchev–Trinajstić information content (AvgIpc) is 2.58. The van der Waals surface area contributed by atoms with Crippen LogP contribution >= 0.6 is 0 Å². The maximum absolute atomic E-state index is 4.37. The van der Waals surface area contributed by atoms with Gasteiger partial charge in [-0.2, -0.15) is 0 Å². The molecule has 3 heteroatoms. The van der Waals surface area contributed by atoms with Crippen LogP contribution in [-0.2, 0) is 0 Å². The summed E-state index contributed by atoms with van der Waals surface area (Å²) in [4.78, 5) is 10.7. The van der Waals surface area contributed by atoms with E-state index in [9.17, 15) is 0 Å². The maximum atomic E-state index is 4.37. The van der Waals surface area contributed by atoms with Crippen LogP contribution in [0, 0.1) is 13.8 Å². The van der Waals surface area contributed by atoms with E-state index in [1.807, 2.05) is 32.2 Å². The predicted octanol–water partition coefficient (Wildman–Crippen LogP) is 2.02. The van der Waals surface area contributed by atoms with Crippen LogP contribution in [0.25, 0.3) is 11.4 Å². The van der Waals surface area contributed by atoms with Crippen molar-refractivity contribution in [1.82, 2.24) is 15.0 Å². The Morgan fingerprint density at radius 3 is 2.67 bits per heavy atom. The van der Waals surface area contributed by atoms with Crippen molar-refractivity contribution in [2.24, 2.45) is 0 Å². The largest absolute Gasteiger partial charge is 0.360 e. The smallest absolute Gasteiger partial charge is 0.107 e. The van der Waals surface area contributed by atoms with Gasteiger partial charge >= 0.3 is 0 Å². The molecule has 2 N–H and O–H groups in total. The molecule has 0 bridgehead atoms. The third-order valence-electron chi connectivity index (χ3n) is 1.86. The lowest BCUT2D eigenvalue weighted by Gasteiger charge is -1.91. The summed E-state index contributed by atoms with van der Waals surface area (Å²) >= 11 is 0. The second-order valence-electron chi connectivity index (χ2n) is 2.88. The van der Waals surface area contributed by atoms with Gasteiger partial charge in [0.1, 0.15) is 11.5 Å².